The highest BCUT2D eigenvalue weighted by Crippen LogP contribution is 2.21. The van der Waals surface area contributed by atoms with E-state index in [0.717, 1.165) is 0 Å². The number of likely N-dealkylation sites (tertiary alicyclic amines) is 1. The van der Waals surface area contributed by atoms with E-state index in [1.807, 2.05) is 13.8 Å². The highest BCUT2D eigenvalue weighted by atomic mass is 16.4. The molecule has 1 saturated heterocycles. The number of carbonyl (C=O) groups is 3. The molecule has 0 saturated carbocycles. The van der Waals surface area contributed by atoms with Gasteiger partial charge in [-0.15, -0.1) is 0 Å². The van der Waals surface area contributed by atoms with Crippen molar-refractivity contribution in [3.8, 4) is 0 Å². The number of carboxylic acids is 1. The van der Waals surface area contributed by atoms with E-state index in [1.54, 1.807) is 4.90 Å². The average molecular weight is 257 g/mol. The van der Waals surface area contributed by atoms with Gasteiger partial charge in [0, 0.05) is 13.1 Å². The summed E-state index contributed by atoms with van der Waals surface area (Å²) in [4.78, 5) is 35.0. The smallest absolute Gasteiger partial charge is 0.326 e. The average Bonchev–Trinajstić information content (AvgIpc) is 2.57. The SMILES string of the molecule is CC1CN(C(=O)N[C@H](CC(N)=O)C(=O)O)CC1C. The van der Waals surface area contributed by atoms with E-state index in [0.29, 0.717) is 24.9 Å². The maximum absolute atomic E-state index is 11.8. The zero-order chi connectivity index (χ0) is 13.9. The van der Waals surface area contributed by atoms with Crippen LogP contribution >= 0.6 is 0 Å². The lowest BCUT2D eigenvalue weighted by atomic mass is 10.0. The van der Waals surface area contributed by atoms with Crippen molar-refractivity contribution in [3.63, 3.8) is 0 Å². The highest BCUT2D eigenvalue weighted by Gasteiger charge is 2.31. The molecule has 1 aliphatic rings. The van der Waals surface area contributed by atoms with Crippen LogP contribution in [0.4, 0.5) is 4.79 Å². The van der Waals surface area contributed by atoms with Crippen molar-refractivity contribution in [2.45, 2.75) is 26.3 Å². The van der Waals surface area contributed by atoms with Crippen LogP contribution in [0.1, 0.15) is 20.3 Å². The third-order valence-electron chi connectivity index (χ3n) is 3.28. The van der Waals surface area contributed by atoms with Gasteiger partial charge >= 0.3 is 12.0 Å². The largest absolute Gasteiger partial charge is 0.480 e. The van der Waals surface area contributed by atoms with Crippen LogP contribution in [0.2, 0.25) is 0 Å². The third-order valence-corrected chi connectivity index (χ3v) is 3.28. The van der Waals surface area contributed by atoms with Gasteiger partial charge in [0.05, 0.1) is 6.42 Å². The normalized spacial score (nSPS) is 24.7. The van der Waals surface area contributed by atoms with Gasteiger partial charge in [-0.25, -0.2) is 9.59 Å². The molecule has 0 spiro atoms. The van der Waals surface area contributed by atoms with E-state index < -0.39 is 30.4 Å². The number of urea groups is 1. The second-order valence-electron chi connectivity index (χ2n) is 4.87. The first-order valence-electron chi connectivity index (χ1n) is 5.87. The second kappa shape index (κ2) is 5.70. The summed E-state index contributed by atoms with van der Waals surface area (Å²) in [5.74, 6) is -1.25. The monoisotopic (exact) mass is 257 g/mol. The van der Waals surface area contributed by atoms with Gasteiger partial charge in [-0.1, -0.05) is 13.8 Å². The Labute approximate surface area is 105 Å². The molecule has 1 rings (SSSR count). The van der Waals surface area contributed by atoms with Crippen molar-refractivity contribution >= 4 is 17.9 Å². The molecule has 18 heavy (non-hydrogen) atoms. The maximum Gasteiger partial charge on any atom is 0.326 e. The molecule has 0 aromatic carbocycles. The Morgan fingerprint density at radius 3 is 2.22 bits per heavy atom. The molecule has 102 valence electrons. The number of aliphatic carboxylic acids is 1. The number of hydrogen-bond acceptors (Lipinski definition) is 3. The van der Waals surface area contributed by atoms with Gasteiger partial charge in [-0.3, -0.25) is 4.79 Å². The second-order valence-corrected chi connectivity index (χ2v) is 4.87. The van der Waals surface area contributed by atoms with Gasteiger partial charge in [0.2, 0.25) is 5.91 Å². The summed E-state index contributed by atoms with van der Waals surface area (Å²) in [5.41, 5.74) is 4.94. The molecule has 1 heterocycles. The van der Waals surface area contributed by atoms with Crippen LogP contribution in [0.5, 0.6) is 0 Å². The summed E-state index contributed by atoms with van der Waals surface area (Å²) in [6.07, 6.45) is -0.403. The zero-order valence-corrected chi connectivity index (χ0v) is 10.5. The minimum absolute atomic E-state index is 0.384. The van der Waals surface area contributed by atoms with Crippen LogP contribution in [-0.2, 0) is 9.59 Å². The molecule has 0 aliphatic carbocycles. The Morgan fingerprint density at radius 1 is 1.33 bits per heavy atom. The summed E-state index contributed by atoms with van der Waals surface area (Å²) in [5, 5.41) is 11.2. The number of rotatable bonds is 4. The first-order valence-corrected chi connectivity index (χ1v) is 5.87. The van der Waals surface area contributed by atoms with E-state index in [9.17, 15) is 14.4 Å². The lowest BCUT2D eigenvalue weighted by Crippen LogP contribution is -2.48. The lowest BCUT2D eigenvalue weighted by molar-refractivity contribution is -0.140. The van der Waals surface area contributed by atoms with Crippen molar-refractivity contribution in [1.29, 1.82) is 0 Å². The highest BCUT2D eigenvalue weighted by molar-refractivity contribution is 5.87. The number of amides is 3. The number of primary amides is 1. The first-order chi connectivity index (χ1) is 8.31. The Hall–Kier alpha value is -1.79. The molecule has 0 radical (unpaired) electrons. The van der Waals surface area contributed by atoms with E-state index >= 15 is 0 Å². The molecule has 7 heteroatoms. The summed E-state index contributed by atoms with van der Waals surface area (Å²) >= 11 is 0. The quantitative estimate of drug-likeness (QED) is 0.636. The topological polar surface area (TPSA) is 113 Å². The maximum atomic E-state index is 11.8. The minimum Gasteiger partial charge on any atom is -0.480 e. The fourth-order valence-electron chi connectivity index (χ4n) is 1.94. The number of carbonyl (C=O) groups excluding carboxylic acids is 2. The minimum atomic E-state index is -1.26. The Morgan fingerprint density at radius 2 is 1.83 bits per heavy atom. The number of carboxylic acid groups (broad SMARTS) is 1. The van der Waals surface area contributed by atoms with E-state index in [4.69, 9.17) is 10.8 Å². The molecule has 4 N–H and O–H groups in total. The summed E-state index contributed by atoms with van der Waals surface area (Å²) in [7, 11) is 0. The predicted octanol–water partition coefficient (Wildman–Crippen LogP) is -0.388. The summed E-state index contributed by atoms with van der Waals surface area (Å²) in [6, 6.07) is -1.72. The van der Waals surface area contributed by atoms with Gasteiger partial charge in [-0.05, 0) is 11.8 Å². The molecule has 3 atom stereocenters. The Bertz CT molecular complexity index is 348. The zero-order valence-electron chi connectivity index (χ0n) is 10.5. The van der Waals surface area contributed by atoms with Gasteiger partial charge in [-0.2, -0.15) is 0 Å². The standard InChI is InChI=1S/C11H19N3O4/c1-6-4-14(5-7(6)2)11(18)13-8(10(16)17)3-9(12)15/h6-8H,3-5H2,1-2H3,(H2,12,15)(H,13,18)(H,16,17)/t6?,7?,8-/m1/s1. The van der Waals surface area contributed by atoms with Gasteiger partial charge in [0.1, 0.15) is 6.04 Å². The van der Waals surface area contributed by atoms with Crippen LogP contribution < -0.4 is 11.1 Å². The summed E-state index contributed by atoms with van der Waals surface area (Å²) in [6.45, 7) is 5.26. The molecule has 0 bridgehead atoms. The summed E-state index contributed by atoms with van der Waals surface area (Å²) < 4.78 is 0. The third kappa shape index (κ3) is 3.61. The van der Waals surface area contributed by atoms with Crippen molar-refractivity contribution in [2.75, 3.05) is 13.1 Å². The van der Waals surface area contributed by atoms with Gasteiger partial charge in [0.15, 0.2) is 0 Å². The van der Waals surface area contributed by atoms with Crippen LogP contribution in [0.15, 0.2) is 0 Å². The fourth-order valence-corrected chi connectivity index (χ4v) is 1.94. The molecule has 1 fully saturated rings. The molecule has 0 aromatic heterocycles. The van der Waals surface area contributed by atoms with Crippen LogP contribution in [-0.4, -0.2) is 47.0 Å². The van der Waals surface area contributed by atoms with Crippen LogP contribution in [0.25, 0.3) is 0 Å². The Balaban J connectivity index is 2.57. The molecule has 1 aliphatic heterocycles. The number of nitrogens with one attached hydrogen (secondary N) is 1. The molecular weight excluding hydrogens is 238 g/mol. The van der Waals surface area contributed by atoms with E-state index in [-0.39, 0.29) is 0 Å². The van der Waals surface area contributed by atoms with Crippen molar-refractivity contribution in [2.24, 2.45) is 17.6 Å². The molecule has 0 aromatic rings. The van der Waals surface area contributed by atoms with E-state index in [1.165, 1.54) is 0 Å². The number of nitrogens with two attached hydrogens (primary N) is 1. The Kier molecular flexibility index (Phi) is 4.52. The van der Waals surface area contributed by atoms with Crippen molar-refractivity contribution in [1.82, 2.24) is 10.2 Å². The first kappa shape index (κ1) is 14.3. The van der Waals surface area contributed by atoms with Crippen molar-refractivity contribution in [3.05, 3.63) is 0 Å². The molecule has 2 unspecified atom stereocenters. The number of hydrogen-bond donors (Lipinski definition) is 3. The number of nitrogens with zero attached hydrogens (tertiary/aromatic N) is 1. The van der Waals surface area contributed by atoms with Crippen molar-refractivity contribution < 1.29 is 19.5 Å². The van der Waals surface area contributed by atoms with Gasteiger partial charge in [0.25, 0.3) is 0 Å². The van der Waals surface area contributed by atoms with E-state index in [2.05, 4.69) is 5.32 Å². The van der Waals surface area contributed by atoms with Crippen LogP contribution in [0.3, 0.4) is 0 Å². The molecular formula is C11H19N3O4. The molecule has 3 amide bonds. The predicted molar refractivity (Wildman–Crippen MR) is 63.7 cm³/mol. The molecule has 7 nitrogen and oxygen atoms in total. The lowest BCUT2D eigenvalue weighted by Gasteiger charge is -2.20. The van der Waals surface area contributed by atoms with Gasteiger partial charge < -0.3 is 21.1 Å². The van der Waals surface area contributed by atoms with Crippen LogP contribution in [0, 0.1) is 11.8 Å². The fraction of sp³-hybridized carbons (Fsp3) is 0.727.